The van der Waals surface area contributed by atoms with Gasteiger partial charge in [0.2, 0.25) is 0 Å². The highest BCUT2D eigenvalue weighted by molar-refractivity contribution is 9.10. The summed E-state index contributed by atoms with van der Waals surface area (Å²) in [5.74, 6) is -0.387. The van der Waals surface area contributed by atoms with Crippen molar-refractivity contribution in [3.8, 4) is 0 Å². The predicted octanol–water partition coefficient (Wildman–Crippen LogP) is 4.78. The summed E-state index contributed by atoms with van der Waals surface area (Å²) in [7, 11) is 1.61. The van der Waals surface area contributed by atoms with E-state index in [1.165, 1.54) is 11.1 Å². The molecule has 2 rings (SSSR count). The molecule has 2 aromatic heterocycles. The lowest BCUT2D eigenvalue weighted by Gasteiger charge is -2.29. The van der Waals surface area contributed by atoms with Gasteiger partial charge in [-0.2, -0.15) is 0 Å². The van der Waals surface area contributed by atoms with Crippen molar-refractivity contribution >= 4 is 32.9 Å². The molecule has 0 bridgehead atoms. The minimum absolute atomic E-state index is 0.357. The van der Waals surface area contributed by atoms with E-state index in [1.54, 1.807) is 33.9 Å². The van der Waals surface area contributed by atoms with Gasteiger partial charge in [-0.1, -0.05) is 6.92 Å². The Labute approximate surface area is 143 Å². The van der Waals surface area contributed by atoms with E-state index in [0.717, 1.165) is 0 Å². The molecule has 126 valence electrons. The minimum Gasteiger partial charge on any atom is -0.444 e. The molecule has 0 radical (unpaired) electrons. The number of carbonyl (C=O) groups excluding carboxylic acids is 1. The first kappa shape index (κ1) is 17.7. The summed E-state index contributed by atoms with van der Waals surface area (Å²) in [5, 5.41) is 0.402. The molecule has 2 heterocycles. The topological polar surface area (TPSA) is 58.2 Å². The van der Waals surface area contributed by atoms with Gasteiger partial charge in [0.1, 0.15) is 10.2 Å². The van der Waals surface area contributed by atoms with Crippen LogP contribution in [0.5, 0.6) is 0 Å². The number of hydrogen-bond donors (Lipinski definition) is 1. The van der Waals surface area contributed by atoms with Gasteiger partial charge < -0.3 is 14.6 Å². The minimum atomic E-state index is -0.600. The number of hydrogen-bond acceptors (Lipinski definition) is 3. The van der Waals surface area contributed by atoms with Crippen molar-refractivity contribution in [2.24, 2.45) is 0 Å². The maximum atomic E-state index is 14.7. The van der Waals surface area contributed by atoms with Gasteiger partial charge in [-0.3, -0.25) is 0 Å². The van der Waals surface area contributed by atoms with Crippen molar-refractivity contribution < 1.29 is 13.9 Å². The van der Waals surface area contributed by atoms with Crippen LogP contribution in [0.3, 0.4) is 0 Å². The van der Waals surface area contributed by atoms with Gasteiger partial charge in [-0.25, -0.2) is 14.2 Å². The summed E-state index contributed by atoms with van der Waals surface area (Å²) in [6, 6.07) is 1.26. The number of halogens is 2. The van der Waals surface area contributed by atoms with Gasteiger partial charge >= 0.3 is 6.09 Å². The van der Waals surface area contributed by atoms with Gasteiger partial charge in [-0.05, 0) is 49.2 Å². The van der Waals surface area contributed by atoms with E-state index in [1.807, 2.05) is 6.92 Å². The summed E-state index contributed by atoms with van der Waals surface area (Å²) in [6.07, 6.45) is 1.53. The van der Waals surface area contributed by atoms with Crippen LogP contribution in [0.1, 0.15) is 45.9 Å². The molecule has 23 heavy (non-hydrogen) atoms. The monoisotopic (exact) mass is 385 g/mol. The van der Waals surface area contributed by atoms with Gasteiger partial charge in [0, 0.05) is 13.2 Å². The summed E-state index contributed by atoms with van der Waals surface area (Å²) in [6.45, 7) is 7.29. The Bertz CT molecular complexity index is 724. The molecule has 0 aliphatic carbocycles. The third kappa shape index (κ3) is 3.83. The van der Waals surface area contributed by atoms with Crippen LogP contribution in [0.4, 0.5) is 9.18 Å². The number of nitrogens with zero attached hydrogens (tertiary/aromatic N) is 2. The van der Waals surface area contributed by atoms with Gasteiger partial charge in [0.25, 0.3) is 0 Å². The zero-order valence-corrected chi connectivity index (χ0v) is 15.5. The van der Waals surface area contributed by atoms with Crippen LogP contribution in [0.25, 0.3) is 10.9 Å². The van der Waals surface area contributed by atoms with Crippen molar-refractivity contribution in [1.82, 2.24) is 14.9 Å². The Balaban J connectivity index is 2.37. The van der Waals surface area contributed by atoms with Gasteiger partial charge in [0.05, 0.1) is 22.6 Å². The van der Waals surface area contributed by atoms with Crippen LogP contribution in [0, 0.1) is 5.82 Å². The van der Waals surface area contributed by atoms with Crippen molar-refractivity contribution in [3.63, 3.8) is 0 Å². The van der Waals surface area contributed by atoms with Crippen LogP contribution in [-0.4, -0.2) is 33.6 Å². The quantitative estimate of drug-likeness (QED) is 0.773. The molecular weight excluding hydrogens is 365 g/mol. The number of H-pyrrole nitrogens is 1. The van der Waals surface area contributed by atoms with Crippen LogP contribution in [0.2, 0.25) is 0 Å². The number of carbonyl (C=O) groups is 1. The first-order valence-corrected chi connectivity index (χ1v) is 8.21. The molecule has 1 amide bonds. The maximum absolute atomic E-state index is 14.7. The smallest absolute Gasteiger partial charge is 0.410 e. The first-order chi connectivity index (χ1) is 10.6. The Hall–Kier alpha value is -1.63. The second kappa shape index (κ2) is 6.47. The zero-order valence-electron chi connectivity index (χ0n) is 13.9. The largest absolute Gasteiger partial charge is 0.444 e. The molecule has 7 heteroatoms. The number of aromatic amines is 1. The molecule has 0 aromatic carbocycles. The third-order valence-corrected chi connectivity index (χ3v) is 3.92. The van der Waals surface area contributed by atoms with E-state index >= 15 is 0 Å². The summed E-state index contributed by atoms with van der Waals surface area (Å²) in [4.78, 5) is 20.8. The fourth-order valence-electron chi connectivity index (χ4n) is 2.42. The Kier molecular flexibility index (Phi) is 4.98. The molecule has 0 fully saturated rings. The van der Waals surface area contributed by atoms with Crippen LogP contribution < -0.4 is 0 Å². The van der Waals surface area contributed by atoms with Crippen molar-refractivity contribution in [2.75, 3.05) is 7.05 Å². The average Bonchev–Trinajstić information content (AvgIpc) is 2.74. The SMILES string of the molecule is CCC(c1[nH]c2cc(Br)ncc2c1F)N(C)C(=O)OC(C)(C)C. The molecule has 0 saturated carbocycles. The lowest BCUT2D eigenvalue weighted by molar-refractivity contribution is 0.0210. The average molecular weight is 386 g/mol. The summed E-state index contributed by atoms with van der Waals surface area (Å²) >= 11 is 3.27. The standard InChI is InChI=1S/C16H21BrFN3O2/c1-6-11(21(5)15(22)23-16(2,3)4)14-13(18)9-8-19-12(17)7-10(9)20-14/h7-8,11,20H,6H2,1-5H3. The van der Waals surface area contributed by atoms with E-state index in [0.29, 0.717) is 27.6 Å². The predicted molar refractivity (Wildman–Crippen MR) is 90.8 cm³/mol. The molecule has 1 unspecified atom stereocenters. The molecule has 0 aliphatic rings. The Morgan fingerprint density at radius 3 is 2.74 bits per heavy atom. The molecule has 0 spiro atoms. The number of pyridine rings is 1. The molecule has 1 N–H and O–H groups in total. The lowest BCUT2D eigenvalue weighted by atomic mass is 10.1. The van der Waals surface area contributed by atoms with Gasteiger partial charge in [-0.15, -0.1) is 0 Å². The number of aromatic nitrogens is 2. The van der Waals surface area contributed by atoms with Crippen LogP contribution in [0.15, 0.2) is 16.9 Å². The normalized spacial score (nSPS) is 13.2. The van der Waals surface area contributed by atoms with Gasteiger partial charge in [0.15, 0.2) is 5.82 Å². The fourth-order valence-corrected chi connectivity index (χ4v) is 2.75. The number of fused-ring (bicyclic) bond motifs is 1. The highest BCUT2D eigenvalue weighted by Gasteiger charge is 2.29. The number of nitrogens with one attached hydrogen (secondary N) is 1. The summed E-state index contributed by atoms with van der Waals surface area (Å²) < 4.78 is 20.7. The second-order valence-corrected chi connectivity index (χ2v) is 7.23. The highest BCUT2D eigenvalue weighted by atomic mass is 79.9. The Morgan fingerprint density at radius 1 is 1.52 bits per heavy atom. The summed E-state index contributed by atoms with van der Waals surface area (Å²) in [5.41, 5.74) is 0.392. The first-order valence-electron chi connectivity index (χ1n) is 7.42. The van der Waals surface area contributed by atoms with Crippen molar-refractivity contribution in [2.45, 2.75) is 45.8 Å². The third-order valence-electron chi connectivity index (χ3n) is 3.48. The van der Waals surface area contributed by atoms with Crippen molar-refractivity contribution in [1.29, 1.82) is 0 Å². The highest BCUT2D eigenvalue weighted by Crippen LogP contribution is 2.31. The van der Waals surface area contributed by atoms with E-state index < -0.39 is 17.7 Å². The molecule has 1 atom stereocenters. The number of rotatable bonds is 3. The van der Waals surface area contributed by atoms with E-state index in [9.17, 15) is 9.18 Å². The van der Waals surface area contributed by atoms with Crippen LogP contribution >= 0.6 is 15.9 Å². The lowest BCUT2D eigenvalue weighted by Crippen LogP contribution is -2.36. The number of amides is 1. The number of ether oxygens (including phenoxy) is 1. The van der Waals surface area contributed by atoms with E-state index in [4.69, 9.17) is 4.74 Å². The molecule has 0 saturated heterocycles. The molecule has 0 aliphatic heterocycles. The van der Waals surface area contributed by atoms with E-state index in [2.05, 4.69) is 25.9 Å². The molecule has 2 aromatic rings. The fraction of sp³-hybridized carbons (Fsp3) is 0.500. The zero-order chi connectivity index (χ0) is 17.4. The van der Waals surface area contributed by atoms with Crippen molar-refractivity contribution in [3.05, 3.63) is 28.4 Å². The van der Waals surface area contributed by atoms with E-state index in [-0.39, 0.29) is 5.82 Å². The molecular formula is C16H21BrFN3O2. The second-order valence-electron chi connectivity index (χ2n) is 6.42. The maximum Gasteiger partial charge on any atom is 0.410 e. The molecule has 5 nitrogen and oxygen atoms in total. The van der Waals surface area contributed by atoms with Crippen LogP contribution in [-0.2, 0) is 4.74 Å². The Morgan fingerprint density at radius 2 is 2.17 bits per heavy atom.